The number of methoxy groups -OCH3 is 2. The molecule has 6 heteroatoms. The molecule has 0 unspecified atom stereocenters. The minimum atomic E-state index is -0.107. The summed E-state index contributed by atoms with van der Waals surface area (Å²) in [5.74, 6) is 1.29. The molecule has 0 spiro atoms. The summed E-state index contributed by atoms with van der Waals surface area (Å²) in [6.07, 6.45) is 3.74. The van der Waals surface area contributed by atoms with Crippen LogP contribution in [0.3, 0.4) is 0 Å². The molecule has 1 aliphatic rings. The van der Waals surface area contributed by atoms with Crippen LogP contribution in [0, 0.1) is 0 Å². The van der Waals surface area contributed by atoms with Crippen LogP contribution in [0.1, 0.15) is 33.7 Å². The Kier molecular flexibility index (Phi) is 4.50. The SMILES string of the molecule is COc1ccc(CCNC(=O)c2n[nH]c3c2CCC3)cc1OC. The number of aromatic amines is 1. The summed E-state index contributed by atoms with van der Waals surface area (Å²) in [4.78, 5) is 12.2. The number of aryl methyl sites for hydroxylation is 1. The molecule has 1 amide bonds. The van der Waals surface area contributed by atoms with Crippen LogP contribution in [0.15, 0.2) is 18.2 Å². The van der Waals surface area contributed by atoms with Crippen LogP contribution in [0.4, 0.5) is 0 Å². The third-order valence-electron chi connectivity index (χ3n) is 4.17. The van der Waals surface area contributed by atoms with Crippen LogP contribution in [-0.2, 0) is 19.3 Å². The Morgan fingerprint density at radius 1 is 1.26 bits per heavy atom. The van der Waals surface area contributed by atoms with Gasteiger partial charge in [0.1, 0.15) is 0 Å². The van der Waals surface area contributed by atoms with Crippen LogP contribution < -0.4 is 14.8 Å². The molecule has 2 N–H and O–H groups in total. The second kappa shape index (κ2) is 6.73. The number of carbonyl (C=O) groups excluding carboxylic acids is 1. The Bertz CT molecular complexity index is 709. The second-order valence-electron chi connectivity index (χ2n) is 5.58. The van der Waals surface area contributed by atoms with E-state index in [9.17, 15) is 4.79 Å². The van der Waals surface area contributed by atoms with E-state index in [1.807, 2.05) is 18.2 Å². The normalized spacial score (nSPS) is 12.8. The lowest BCUT2D eigenvalue weighted by atomic mass is 10.1. The number of fused-ring (bicyclic) bond motifs is 1. The lowest BCUT2D eigenvalue weighted by Crippen LogP contribution is -2.26. The number of nitrogens with one attached hydrogen (secondary N) is 2. The van der Waals surface area contributed by atoms with E-state index < -0.39 is 0 Å². The van der Waals surface area contributed by atoms with E-state index in [1.165, 1.54) is 0 Å². The molecule has 0 aliphatic heterocycles. The summed E-state index contributed by atoms with van der Waals surface area (Å²) in [6.45, 7) is 0.552. The molecular formula is C17H21N3O3. The Morgan fingerprint density at radius 3 is 2.87 bits per heavy atom. The highest BCUT2D eigenvalue weighted by Crippen LogP contribution is 2.27. The first-order valence-electron chi connectivity index (χ1n) is 7.78. The fraction of sp³-hybridized carbons (Fsp3) is 0.412. The van der Waals surface area contributed by atoms with E-state index in [-0.39, 0.29) is 5.91 Å². The molecule has 122 valence electrons. The summed E-state index contributed by atoms with van der Waals surface area (Å²) >= 11 is 0. The molecule has 1 heterocycles. The first-order valence-corrected chi connectivity index (χ1v) is 7.78. The summed E-state index contributed by atoms with van der Waals surface area (Å²) in [5.41, 5.74) is 3.81. The van der Waals surface area contributed by atoms with Crippen molar-refractivity contribution in [2.75, 3.05) is 20.8 Å². The monoisotopic (exact) mass is 315 g/mol. The van der Waals surface area contributed by atoms with Gasteiger partial charge in [-0.2, -0.15) is 5.10 Å². The zero-order chi connectivity index (χ0) is 16.2. The quantitative estimate of drug-likeness (QED) is 0.853. The smallest absolute Gasteiger partial charge is 0.272 e. The Labute approximate surface area is 135 Å². The van der Waals surface area contributed by atoms with E-state index in [0.29, 0.717) is 23.7 Å². The van der Waals surface area contributed by atoms with E-state index in [2.05, 4.69) is 15.5 Å². The van der Waals surface area contributed by atoms with Gasteiger partial charge < -0.3 is 14.8 Å². The highest BCUT2D eigenvalue weighted by molar-refractivity contribution is 5.94. The molecular weight excluding hydrogens is 294 g/mol. The number of hydrogen-bond donors (Lipinski definition) is 2. The molecule has 0 saturated carbocycles. The van der Waals surface area contributed by atoms with Crippen LogP contribution in [0.2, 0.25) is 0 Å². The van der Waals surface area contributed by atoms with Crippen LogP contribution in [0.25, 0.3) is 0 Å². The van der Waals surface area contributed by atoms with E-state index in [4.69, 9.17) is 9.47 Å². The number of amides is 1. The number of aromatic nitrogens is 2. The molecule has 0 bridgehead atoms. The van der Waals surface area contributed by atoms with Gasteiger partial charge in [-0.3, -0.25) is 9.89 Å². The standard InChI is InChI=1S/C17H21N3O3/c1-22-14-7-6-11(10-15(14)23-2)8-9-18-17(21)16-12-4-3-5-13(12)19-20-16/h6-7,10H,3-5,8-9H2,1-2H3,(H,18,21)(H,19,20). The molecule has 1 aliphatic carbocycles. The molecule has 6 nitrogen and oxygen atoms in total. The summed E-state index contributed by atoms with van der Waals surface area (Å²) in [5, 5.41) is 10.0. The largest absolute Gasteiger partial charge is 0.493 e. The van der Waals surface area contributed by atoms with Crippen molar-refractivity contribution < 1.29 is 14.3 Å². The van der Waals surface area contributed by atoms with E-state index >= 15 is 0 Å². The minimum absolute atomic E-state index is 0.107. The Morgan fingerprint density at radius 2 is 2.09 bits per heavy atom. The van der Waals surface area contributed by atoms with Crippen molar-refractivity contribution in [2.24, 2.45) is 0 Å². The van der Waals surface area contributed by atoms with Crippen molar-refractivity contribution in [3.63, 3.8) is 0 Å². The number of carbonyl (C=O) groups is 1. The predicted octanol–water partition coefficient (Wildman–Crippen LogP) is 1.89. The molecule has 23 heavy (non-hydrogen) atoms. The number of nitrogens with zero attached hydrogens (tertiary/aromatic N) is 1. The van der Waals surface area contributed by atoms with Gasteiger partial charge in [-0.25, -0.2) is 0 Å². The van der Waals surface area contributed by atoms with Gasteiger partial charge in [-0.15, -0.1) is 0 Å². The van der Waals surface area contributed by atoms with Crippen molar-refractivity contribution in [3.05, 3.63) is 40.7 Å². The minimum Gasteiger partial charge on any atom is -0.493 e. The van der Waals surface area contributed by atoms with Gasteiger partial charge in [0.25, 0.3) is 5.91 Å². The number of hydrogen-bond acceptors (Lipinski definition) is 4. The second-order valence-corrected chi connectivity index (χ2v) is 5.58. The fourth-order valence-corrected chi connectivity index (χ4v) is 2.95. The molecule has 0 radical (unpaired) electrons. The zero-order valence-corrected chi connectivity index (χ0v) is 13.4. The van der Waals surface area contributed by atoms with Crippen molar-refractivity contribution in [1.82, 2.24) is 15.5 Å². The van der Waals surface area contributed by atoms with Gasteiger partial charge in [0, 0.05) is 17.8 Å². The van der Waals surface area contributed by atoms with Crippen LogP contribution >= 0.6 is 0 Å². The van der Waals surface area contributed by atoms with Gasteiger partial charge in [0.05, 0.1) is 14.2 Å². The summed E-state index contributed by atoms with van der Waals surface area (Å²) in [6, 6.07) is 5.77. The molecule has 0 atom stereocenters. The molecule has 1 aromatic heterocycles. The number of ether oxygens (including phenoxy) is 2. The first kappa shape index (κ1) is 15.4. The highest BCUT2D eigenvalue weighted by atomic mass is 16.5. The van der Waals surface area contributed by atoms with Gasteiger partial charge in [0.15, 0.2) is 17.2 Å². The predicted molar refractivity (Wildman–Crippen MR) is 86.2 cm³/mol. The molecule has 0 saturated heterocycles. The molecule has 1 aromatic carbocycles. The molecule has 2 aromatic rings. The lowest BCUT2D eigenvalue weighted by molar-refractivity contribution is 0.0948. The third kappa shape index (κ3) is 3.16. The zero-order valence-electron chi connectivity index (χ0n) is 13.4. The topological polar surface area (TPSA) is 76.2 Å². The number of rotatable bonds is 6. The number of H-pyrrole nitrogens is 1. The number of benzene rings is 1. The van der Waals surface area contributed by atoms with Gasteiger partial charge in [0.2, 0.25) is 0 Å². The summed E-state index contributed by atoms with van der Waals surface area (Å²) < 4.78 is 10.5. The van der Waals surface area contributed by atoms with Gasteiger partial charge >= 0.3 is 0 Å². The average molecular weight is 315 g/mol. The molecule has 0 fully saturated rings. The van der Waals surface area contributed by atoms with Crippen molar-refractivity contribution in [3.8, 4) is 11.5 Å². The third-order valence-corrected chi connectivity index (χ3v) is 4.17. The van der Waals surface area contributed by atoms with E-state index in [0.717, 1.165) is 42.5 Å². The van der Waals surface area contributed by atoms with Crippen LogP contribution in [-0.4, -0.2) is 36.9 Å². The van der Waals surface area contributed by atoms with Crippen LogP contribution in [0.5, 0.6) is 11.5 Å². The first-order chi connectivity index (χ1) is 11.2. The maximum atomic E-state index is 12.2. The van der Waals surface area contributed by atoms with Gasteiger partial charge in [-0.05, 0) is 43.4 Å². The Balaban J connectivity index is 1.58. The highest BCUT2D eigenvalue weighted by Gasteiger charge is 2.22. The summed E-state index contributed by atoms with van der Waals surface area (Å²) in [7, 11) is 3.22. The lowest BCUT2D eigenvalue weighted by Gasteiger charge is -2.10. The molecule has 3 rings (SSSR count). The Hall–Kier alpha value is -2.50. The fourth-order valence-electron chi connectivity index (χ4n) is 2.95. The van der Waals surface area contributed by atoms with E-state index in [1.54, 1.807) is 14.2 Å². The van der Waals surface area contributed by atoms with Crippen molar-refractivity contribution in [2.45, 2.75) is 25.7 Å². The van der Waals surface area contributed by atoms with Gasteiger partial charge in [-0.1, -0.05) is 6.07 Å². The maximum absolute atomic E-state index is 12.2. The van der Waals surface area contributed by atoms with Crippen molar-refractivity contribution in [1.29, 1.82) is 0 Å². The van der Waals surface area contributed by atoms with Crippen molar-refractivity contribution >= 4 is 5.91 Å². The average Bonchev–Trinajstić information content (AvgIpc) is 3.17. The maximum Gasteiger partial charge on any atom is 0.272 e.